The predicted octanol–water partition coefficient (Wildman–Crippen LogP) is 5.26. The Morgan fingerprint density at radius 1 is 1.23 bits per heavy atom. The second-order valence-corrected chi connectivity index (χ2v) is 8.75. The van der Waals surface area contributed by atoms with E-state index in [0.29, 0.717) is 12.2 Å². The van der Waals surface area contributed by atoms with Crippen molar-refractivity contribution in [3.63, 3.8) is 0 Å². The summed E-state index contributed by atoms with van der Waals surface area (Å²) >= 11 is 1.56. The molecule has 0 saturated heterocycles. The number of thioether (sulfide) groups is 1. The van der Waals surface area contributed by atoms with Crippen LogP contribution in [-0.2, 0) is 10.5 Å². The third kappa shape index (κ3) is 4.67. The van der Waals surface area contributed by atoms with Crippen LogP contribution in [0.5, 0.6) is 0 Å². The lowest BCUT2D eigenvalue weighted by molar-refractivity contribution is -0.125. The smallest absolute Gasteiger partial charge is 0.243 e. The van der Waals surface area contributed by atoms with E-state index in [4.69, 9.17) is 4.98 Å². The first-order valence-electron chi connectivity index (χ1n) is 10.6. The van der Waals surface area contributed by atoms with Gasteiger partial charge in [0.1, 0.15) is 11.9 Å². The molecule has 158 valence electrons. The van der Waals surface area contributed by atoms with Crippen LogP contribution in [-0.4, -0.2) is 26.5 Å². The molecular weight excluding hydrogens is 399 g/mol. The number of aromatic nitrogens is 3. The van der Waals surface area contributed by atoms with Crippen molar-refractivity contribution in [1.82, 2.24) is 19.9 Å². The largest absolute Gasteiger partial charge is 0.352 e. The minimum Gasteiger partial charge on any atom is -0.352 e. The first-order chi connectivity index (χ1) is 14.7. The van der Waals surface area contributed by atoms with Crippen LogP contribution in [0.4, 0.5) is 4.39 Å². The van der Waals surface area contributed by atoms with Gasteiger partial charge in [0.25, 0.3) is 0 Å². The summed E-state index contributed by atoms with van der Waals surface area (Å²) in [5.74, 6) is 0.459. The number of pyridine rings is 1. The predicted molar refractivity (Wildman–Crippen MR) is 118 cm³/mol. The van der Waals surface area contributed by atoms with Gasteiger partial charge >= 0.3 is 0 Å². The molecule has 1 atom stereocenters. The van der Waals surface area contributed by atoms with E-state index in [0.717, 1.165) is 34.6 Å². The van der Waals surface area contributed by atoms with Gasteiger partial charge in [-0.05, 0) is 43.0 Å². The molecule has 2 aromatic heterocycles. The minimum atomic E-state index is -0.336. The molecule has 1 saturated carbocycles. The van der Waals surface area contributed by atoms with Gasteiger partial charge in [0, 0.05) is 18.0 Å². The van der Waals surface area contributed by atoms with Crippen molar-refractivity contribution in [3.8, 4) is 0 Å². The van der Waals surface area contributed by atoms with Crippen molar-refractivity contribution < 1.29 is 9.18 Å². The van der Waals surface area contributed by atoms with E-state index < -0.39 is 0 Å². The molecule has 1 aliphatic rings. The number of carbonyl (C=O) groups is 1. The van der Waals surface area contributed by atoms with E-state index in [-0.39, 0.29) is 23.8 Å². The lowest BCUT2D eigenvalue weighted by Gasteiger charge is -2.26. The number of carbonyl (C=O) groups excluding carboxylic acids is 1. The number of imidazole rings is 1. The summed E-state index contributed by atoms with van der Waals surface area (Å²) < 4.78 is 15.2. The average molecular weight is 427 g/mol. The number of amides is 1. The maximum absolute atomic E-state index is 13.2. The molecule has 1 aromatic carbocycles. The Bertz CT molecular complexity index is 998. The number of fused-ring (bicyclic) bond motifs is 1. The molecule has 0 aliphatic heterocycles. The Morgan fingerprint density at radius 3 is 2.73 bits per heavy atom. The molecule has 3 aromatic rings. The van der Waals surface area contributed by atoms with Gasteiger partial charge in [0.05, 0.1) is 17.2 Å². The molecule has 30 heavy (non-hydrogen) atoms. The van der Waals surface area contributed by atoms with E-state index in [9.17, 15) is 9.18 Å². The lowest BCUT2D eigenvalue weighted by atomic mass is 9.95. The molecule has 0 bridgehead atoms. The third-order valence-electron chi connectivity index (χ3n) is 5.69. The fourth-order valence-electron chi connectivity index (χ4n) is 4.08. The number of nitrogens with one attached hydrogen (secondary N) is 1. The van der Waals surface area contributed by atoms with Crippen molar-refractivity contribution in [2.24, 2.45) is 0 Å². The molecule has 1 unspecified atom stereocenters. The zero-order chi connectivity index (χ0) is 20.9. The van der Waals surface area contributed by atoms with Crippen LogP contribution in [0.2, 0.25) is 0 Å². The van der Waals surface area contributed by atoms with Gasteiger partial charge in [-0.2, -0.15) is 0 Å². The SMILES string of the molecule is CCC(C(=O)NC1CCCCC1)n1c(SCc2ccc(F)cc2)nc2ccncc21. The molecule has 1 aliphatic carbocycles. The molecule has 0 radical (unpaired) electrons. The van der Waals surface area contributed by atoms with Gasteiger partial charge in [-0.25, -0.2) is 9.37 Å². The van der Waals surface area contributed by atoms with Gasteiger partial charge in [0.15, 0.2) is 5.16 Å². The number of nitrogens with zero attached hydrogens (tertiary/aromatic N) is 3. The van der Waals surface area contributed by atoms with Gasteiger partial charge in [-0.3, -0.25) is 9.78 Å². The Balaban J connectivity index is 1.60. The normalized spacial score (nSPS) is 15.9. The Hall–Kier alpha value is -2.41. The van der Waals surface area contributed by atoms with Crippen LogP contribution < -0.4 is 5.32 Å². The van der Waals surface area contributed by atoms with Crippen LogP contribution in [0.25, 0.3) is 11.0 Å². The van der Waals surface area contributed by atoms with Crippen LogP contribution in [0.15, 0.2) is 47.9 Å². The minimum absolute atomic E-state index is 0.0520. The standard InChI is InChI=1S/C23H27FN4OS/c1-2-20(22(29)26-18-6-4-3-5-7-18)28-21-14-25-13-12-19(21)27-23(28)30-15-16-8-10-17(24)11-9-16/h8-14,18,20H,2-7,15H2,1H3,(H,26,29). The highest BCUT2D eigenvalue weighted by molar-refractivity contribution is 7.98. The van der Waals surface area contributed by atoms with Gasteiger partial charge < -0.3 is 9.88 Å². The zero-order valence-electron chi connectivity index (χ0n) is 17.2. The highest BCUT2D eigenvalue weighted by atomic mass is 32.2. The maximum Gasteiger partial charge on any atom is 0.243 e. The highest BCUT2D eigenvalue weighted by Crippen LogP contribution is 2.31. The maximum atomic E-state index is 13.2. The summed E-state index contributed by atoms with van der Waals surface area (Å²) in [4.78, 5) is 22.3. The number of hydrogen-bond donors (Lipinski definition) is 1. The lowest BCUT2D eigenvalue weighted by Crippen LogP contribution is -2.40. The molecule has 1 amide bonds. The van der Waals surface area contributed by atoms with Gasteiger partial charge in [0.2, 0.25) is 5.91 Å². The number of hydrogen-bond acceptors (Lipinski definition) is 4. The fraction of sp³-hybridized carbons (Fsp3) is 0.435. The topological polar surface area (TPSA) is 59.8 Å². The summed E-state index contributed by atoms with van der Waals surface area (Å²) in [6, 6.07) is 8.30. The first-order valence-corrected chi connectivity index (χ1v) is 11.6. The number of halogens is 1. The molecule has 4 rings (SSSR count). The zero-order valence-corrected chi connectivity index (χ0v) is 18.0. The molecule has 1 N–H and O–H groups in total. The Morgan fingerprint density at radius 2 is 2.00 bits per heavy atom. The Kier molecular flexibility index (Phi) is 6.67. The van der Waals surface area contributed by atoms with Crippen molar-refractivity contribution in [3.05, 3.63) is 54.1 Å². The molecule has 2 heterocycles. The molecule has 7 heteroatoms. The molecule has 1 fully saturated rings. The number of rotatable bonds is 7. The molecule has 0 spiro atoms. The van der Waals surface area contributed by atoms with Crippen molar-refractivity contribution in [2.45, 2.75) is 68.4 Å². The highest BCUT2D eigenvalue weighted by Gasteiger charge is 2.27. The van der Waals surface area contributed by atoms with E-state index in [1.807, 2.05) is 17.6 Å². The van der Waals surface area contributed by atoms with Crippen LogP contribution in [0, 0.1) is 5.82 Å². The summed E-state index contributed by atoms with van der Waals surface area (Å²) in [5, 5.41) is 4.06. The second-order valence-electron chi connectivity index (χ2n) is 7.81. The Labute approximate surface area is 180 Å². The average Bonchev–Trinajstić information content (AvgIpc) is 3.13. The van der Waals surface area contributed by atoms with Crippen LogP contribution >= 0.6 is 11.8 Å². The van der Waals surface area contributed by atoms with Crippen molar-refractivity contribution >= 4 is 28.7 Å². The van der Waals surface area contributed by atoms with E-state index >= 15 is 0 Å². The molecule has 5 nitrogen and oxygen atoms in total. The summed E-state index contributed by atoms with van der Waals surface area (Å²) in [6.45, 7) is 2.03. The van der Waals surface area contributed by atoms with E-state index in [1.165, 1.54) is 31.4 Å². The van der Waals surface area contributed by atoms with Gasteiger partial charge in [-0.1, -0.05) is 50.1 Å². The van der Waals surface area contributed by atoms with Crippen LogP contribution in [0.1, 0.15) is 57.1 Å². The number of benzene rings is 1. The summed E-state index contributed by atoms with van der Waals surface area (Å²) in [6.07, 6.45) is 9.89. The van der Waals surface area contributed by atoms with Crippen molar-refractivity contribution in [1.29, 1.82) is 0 Å². The first kappa shape index (κ1) is 20.8. The van der Waals surface area contributed by atoms with Crippen molar-refractivity contribution in [2.75, 3.05) is 0 Å². The monoisotopic (exact) mass is 426 g/mol. The van der Waals surface area contributed by atoms with Crippen LogP contribution in [0.3, 0.4) is 0 Å². The fourth-order valence-corrected chi connectivity index (χ4v) is 5.10. The summed E-state index contributed by atoms with van der Waals surface area (Å²) in [7, 11) is 0. The second kappa shape index (κ2) is 9.60. The van der Waals surface area contributed by atoms with E-state index in [2.05, 4.69) is 10.3 Å². The molecular formula is C23H27FN4OS. The third-order valence-corrected chi connectivity index (χ3v) is 6.72. The summed E-state index contributed by atoms with van der Waals surface area (Å²) in [5.41, 5.74) is 2.71. The van der Waals surface area contributed by atoms with E-state index in [1.54, 1.807) is 36.3 Å². The quantitative estimate of drug-likeness (QED) is 0.523. The van der Waals surface area contributed by atoms with Gasteiger partial charge in [-0.15, -0.1) is 0 Å².